The molecule has 3 aromatic carbocycles. The molecule has 154 valence electrons. The maximum atomic E-state index is 13.1. The first kappa shape index (κ1) is 20.9. The lowest BCUT2D eigenvalue weighted by molar-refractivity contribution is -0.113. The van der Waals surface area contributed by atoms with Gasteiger partial charge in [0.2, 0.25) is 0 Å². The van der Waals surface area contributed by atoms with Gasteiger partial charge in [-0.05, 0) is 66.2 Å². The minimum atomic E-state index is -0.402. The molecule has 0 unspecified atom stereocenters. The van der Waals surface area contributed by atoms with Crippen LogP contribution in [0.25, 0.3) is 6.08 Å². The zero-order valence-electron chi connectivity index (χ0n) is 15.8. The second kappa shape index (κ2) is 8.79. The molecule has 1 saturated heterocycles. The maximum Gasteiger partial charge on any atom is 0.270 e. The van der Waals surface area contributed by atoms with E-state index < -0.39 is 11.7 Å². The molecule has 0 bridgehead atoms. The Morgan fingerprint density at radius 2 is 1.61 bits per heavy atom. The Hall–Kier alpha value is -3.36. The zero-order chi connectivity index (χ0) is 22.0. The van der Waals surface area contributed by atoms with E-state index in [4.69, 9.17) is 12.2 Å². The van der Waals surface area contributed by atoms with Crippen LogP contribution in [0, 0.1) is 11.6 Å². The van der Waals surface area contributed by atoms with E-state index in [0.29, 0.717) is 31.7 Å². The largest absolute Gasteiger partial charge is 0.322 e. The Morgan fingerprint density at radius 3 is 2.29 bits per heavy atom. The summed E-state index contributed by atoms with van der Waals surface area (Å²) in [4.78, 5) is 27.3. The van der Waals surface area contributed by atoms with Crippen LogP contribution in [0.1, 0.15) is 15.9 Å². The number of nitrogens with one attached hydrogen (secondary N) is 1. The lowest BCUT2D eigenvalue weighted by Gasteiger charge is -2.15. The number of thioether (sulfide) groups is 1. The predicted molar refractivity (Wildman–Crippen MR) is 123 cm³/mol. The highest BCUT2D eigenvalue weighted by molar-refractivity contribution is 8.27. The second-order valence-corrected chi connectivity index (χ2v) is 8.26. The van der Waals surface area contributed by atoms with Gasteiger partial charge in [-0.15, -0.1) is 0 Å². The van der Waals surface area contributed by atoms with Gasteiger partial charge in [0.25, 0.3) is 11.8 Å². The van der Waals surface area contributed by atoms with Gasteiger partial charge in [-0.25, -0.2) is 8.78 Å². The van der Waals surface area contributed by atoms with E-state index in [1.807, 2.05) is 0 Å². The van der Waals surface area contributed by atoms with E-state index in [-0.39, 0.29) is 11.7 Å². The molecule has 4 nitrogen and oxygen atoms in total. The molecular formula is C23H14F2N2O2S2. The van der Waals surface area contributed by atoms with Crippen LogP contribution in [0.4, 0.5) is 20.2 Å². The zero-order valence-corrected chi connectivity index (χ0v) is 17.5. The standard InChI is InChI=1S/C23H14F2N2O2S2/c24-16-6-4-14(5-7-16)12-20-22(29)27(23(30)31-20)19-3-1-2-15(13-19)21(28)26-18-10-8-17(25)9-11-18/h1-13H,(H,26,28)/b20-12+. The minimum Gasteiger partial charge on any atom is -0.322 e. The number of hydrogen-bond donors (Lipinski definition) is 1. The van der Waals surface area contributed by atoms with E-state index in [2.05, 4.69) is 5.32 Å². The van der Waals surface area contributed by atoms with E-state index in [0.717, 1.165) is 11.8 Å². The number of thiocarbonyl (C=S) groups is 1. The van der Waals surface area contributed by atoms with E-state index in [1.165, 1.54) is 41.3 Å². The number of halogens is 2. The third-order valence-corrected chi connectivity index (χ3v) is 5.73. The van der Waals surface area contributed by atoms with Crippen molar-refractivity contribution in [3.8, 4) is 0 Å². The highest BCUT2D eigenvalue weighted by atomic mass is 32.2. The summed E-state index contributed by atoms with van der Waals surface area (Å²) in [6, 6.07) is 17.7. The number of hydrogen-bond acceptors (Lipinski definition) is 4. The highest BCUT2D eigenvalue weighted by Crippen LogP contribution is 2.36. The first-order chi connectivity index (χ1) is 14.9. The molecule has 3 aromatic rings. The van der Waals surface area contributed by atoms with Gasteiger partial charge in [-0.1, -0.05) is 42.2 Å². The summed E-state index contributed by atoms with van der Waals surface area (Å²) in [6.07, 6.45) is 1.64. The number of amides is 2. The monoisotopic (exact) mass is 452 g/mol. The molecule has 1 aliphatic heterocycles. The number of carbonyl (C=O) groups is 2. The first-order valence-corrected chi connectivity index (χ1v) is 10.3. The lowest BCUT2D eigenvalue weighted by atomic mass is 10.1. The Labute approximate surface area is 186 Å². The molecule has 31 heavy (non-hydrogen) atoms. The van der Waals surface area contributed by atoms with Crippen LogP contribution >= 0.6 is 24.0 Å². The summed E-state index contributed by atoms with van der Waals surface area (Å²) in [5, 5.41) is 2.68. The number of nitrogens with zero attached hydrogens (tertiary/aromatic N) is 1. The molecule has 0 spiro atoms. The fourth-order valence-electron chi connectivity index (χ4n) is 2.92. The number of anilines is 2. The fraction of sp³-hybridized carbons (Fsp3) is 0. The van der Waals surface area contributed by atoms with Crippen molar-refractivity contribution >= 4 is 57.6 Å². The van der Waals surface area contributed by atoms with Crippen LogP contribution in [0.2, 0.25) is 0 Å². The molecule has 1 N–H and O–H groups in total. The van der Waals surface area contributed by atoms with Crippen molar-refractivity contribution in [1.82, 2.24) is 0 Å². The molecule has 0 aromatic heterocycles. The SMILES string of the molecule is O=C(Nc1ccc(F)cc1)c1cccc(N2C(=O)/C(=C\c3ccc(F)cc3)SC2=S)c1. The van der Waals surface area contributed by atoms with Gasteiger partial charge >= 0.3 is 0 Å². The summed E-state index contributed by atoms with van der Waals surface area (Å²) in [5.74, 6) is -1.49. The third kappa shape index (κ3) is 4.70. The maximum absolute atomic E-state index is 13.1. The van der Waals surface area contributed by atoms with Crippen LogP contribution in [0.5, 0.6) is 0 Å². The minimum absolute atomic E-state index is 0.318. The predicted octanol–water partition coefficient (Wildman–Crippen LogP) is 5.62. The van der Waals surface area contributed by atoms with Crippen molar-refractivity contribution in [1.29, 1.82) is 0 Å². The van der Waals surface area contributed by atoms with E-state index in [1.54, 1.807) is 42.5 Å². The molecule has 0 aliphatic carbocycles. The topological polar surface area (TPSA) is 49.4 Å². The van der Waals surface area contributed by atoms with E-state index in [9.17, 15) is 18.4 Å². The second-order valence-electron chi connectivity index (χ2n) is 6.58. The van der Waals surface area contributed by atoms with Crippen molar-refractivity contribution in [2.75, 3.05) is 10.2 Å². The van der Waals surface area contributed by atoms with E-state index >= 15 is 0 Å². The summed E-state index contributed by atoms with van der Waals surface area (Å²) in [5.41, 5.74) is 1.90. The molecule has 0 radical (unpaired) electrons. The number of carbonyl (C=O) groups excluding carboxylic acids is 2. The van der Waals surface area contributed by atoms with Crippen LogP contribution < -0.4 is 10.2 Å². The lowest BCUT2D eigenvalue weighted by Crippen LogP contribution is -2.27. The summed E-state index contributed by atoms with van der Waals surface area (Å²) < 4.78 is 26.5. The summed E-state index contributed by atoms with van der Waals surface area (Å²) in [6.45, 7) is 0. The van der Waals surface area contributed by atoms with Crippen molar-refractivity contribution in [2.24, 2.45) is 0 Å². The van der Waals surface area contributed by atoms with Crippen LogP contribution in [0.3, 0.4) is 0 Å². The quantitative estimate of drug-likeness (QED) is 0.412. The number of benzene rings is 3. The molecule has 1 fully saturated rings. The van der Waals surface area contributed by atoms with Gasteiger partial charge in [0.1, 0.15) is 11.6 Å². The van der Waals surface area contributed by atoms with Crippen molar-refractivity contribution in [3.63, 3.8) is 0 Å². The normalized spacial score (nSPS) is 14.9. The average Bonchev–Trinajstić information content (AvgIpc) is 3.04. The Balaban J connectivity index is 1.56. The Bertz CT molecular complexity index is 1210. The molecule has 1 aliphatic rings. The summed E-state index contributed by atoms with van der Waals surface area (Å²) in [7, 11) is 0. The average molecular weight is 453 g/mol. The van der Waals surface area contributed by atoms with Crippen molar-refractivity contribution in [2.45, 2.75) is 0 Å². The third-order valence-electron chi connectivity index (χ3n) is 4.43. The van der Waals surface area contributed by atoms with Crippen LogP contribution in [0.15, 0.2) is 77.7 Å². The molecule has 8 heteroatoms. The molecule has 0 atom stereocenters. The molecule has 4 rings (SSSR count). The van der Waals surface area contributed by atoms with Gasteiger partial charge in [0.15, 0.2) is 4.32 Å². The van der Waals surface area contributed by atoms with Crippen LogP contribution in [-0.4, -0.2) is 16.1 Å². The molecule has 2 amide bonds. The Kier molecular flexibility index (Phi) is 5.92. The smallest absolute Gasteiger partial charge is 0.270 e. The van der Waals surface area contributed by atoms with Gasteiger partial charge in [0, 0.05) is 11.3 Å². The molecule has 1 heterocycles. The van der Waals surface area contributed by atoms with Gasteiger partial charge in [-0.3, -0.25) is 14.5 Å². The number of rotatable bonds is 4. The molecular weight excluding hydrogens is 438 g/mol. The first-order valence-electron chi connectivity index (χ1n) is 9.11. The highest BCUT2D eigenvalue weighted by Gasteiger charge is 2.33. The van der Waals surface area contributed by atoms with Crippen LogP contribution in [-0.2, 0) is 4.79 Å². The Morgan fingerprint density at radius 1 is 0.968 bits per heavy atom. The van der Waals surface area contributed by atoms with Gasteiger partial charge < -0.3 is 5.32 Å². The van der Waals surface area contributed by atoms with Crippen molar-refractivity contribution < 1.29 is 18.4 Å². The molecule has 0 saturated carbocycles. The summed E-state index contributed by atoms with van der Waals surface area (Å²) >= 11 is 6.50. The fourth-order valence-corrected chi connectivity index (χ4v) is 4.22. The van der Waals surface area contributed by atoms with Gasteiger partial charge in [0.05, 0.1) is 10.6 Å². The van der Waals surface area contributed by atoms with Gasteiger partial charge in [-0.2, -0.15) is 0 Å². The van der Waals surface area contributed by atoms with Crippen molar-refractivity contribution in [3.05, 3.63) is 100 Å².